The fraction of sp³-hybridized carbons (Fsp3) is 0.200. The maximum absolute atomic E-state index is 5.95. The Kier molecular flexibility index (Phi) is 4.96. The number of nitrogens with two attached hydrogens (primary N) is 1. The number of hydrogen-bond donors (Lipinski definition) is 2. The first kappa shape index (κ1) is 14.3. The van der Waals surface area contributed by atoms with Crippen LogP contribution in [0.4, 0.5) is 5.69 Å². The van der Waals surface area contributed by atoms with Gasteiger partial charge >= 0.3 is 0 Å². The van der Waals surface area contributed by atoms with Gasteiger partial charge in [0.05, 0.1) is 0 Å². The van der Waals surface area contributed by atoms with Crippen LogP contribution in [0.5, 0.6) is 0 Å². The molecule has 0 spiro atoms. The predicted molar refractivity (Wildman–Crippen MR) is 82.4 cm³/mol. The van der Waals surface area contributed by atoms with Crippen molar-refractivity contribution in [3.8, 4) is 0 Å². The lowest BCUT2D eigenvalue weighted by Crippen LogP contribution is -2.04. The van der Waals surface area contributed by atoms with Gasteiger partial charge in [0.15, 0.2) is 0 Å². The van der Waals surface area contributed by atoms with Crippen LogP contribution < -0.4 is 11.1 Å². The third-order valence-electron chi connectivity index (χ3n) is 2.74. The maximum Gasteiger partial charge on any atom is 0.128 e. The SMILES string of the molecule is Cc1cnc(CC/C(N)=C/Nc2ccc(Cl)cc2)nc1. The molecule has 2 aromatic rings. The molecule has 5 heteroatoms. The van der Waals surface area contributed by atoms with E-state index in [-0.39, 0.29) is 0 Å². The van der Waals surface area contributed by atoms with E-state index in [1.807, 2.05) is 43.6 Å². The Morgan fingerprint density at radius 3 is 2.55 bits per heavy atom. The molecule has 1 aromatic heterocycles. The Bertz CT molecular complexity index is 576. The van der Waals surface area contributed by atoms with Gasteiger partial charge in [-0.15, -0.1) is 0 Å². The maximum atomic E-state index is 5.95. The first-order valence-electron chi connectivity index (χ1n) is 6.37. The third-order valence-corrected chi connectivity index (χ3v) is 2.99. The number of halogens is 1. The fourth-order valence-electron chi connectivity index (χ4n) is 1.60. The minimum Gasteiger partial charge on any atom is -0.401 e. The Hall–Kier alpha value is -2.07. The molecule has 0 atom stereocenters. The molecule has 0 amide bonds. The number of aromatic nitrogens is 2. The van der Waals surface area contributed by atoms with Crippen molar-refractivity contribution in [3.05, 3.63) is 65.0 Å². The molecule has 0 saturated carbocycles. The van der Waals surface area contributed by atoms with Crippen LogP contribution in [0, 0.1) is 6.92 Å². The zero-order chi connectivity index (χ0) is 14.4. The van der Waals surface area contributed by atoms with Crippen LogP contribution in [0.15, 0.2) is 48.6 Å². The highest BCUT2D eigenvalue weighted by Crippen LogP contribution is 2.13. The van der Waals surface area contributed by atoms with Gasteiger partial charge in [-0.2, -0.15) is 0 Å². The number of aryl methyl sites for hydroxylation is 2. The number of allylic oxidation sites excluding steroid dienone is 1. The number of anilines is 1. The van der Waals surface area contributed by atoms with Crippen LogP contribution in [0.3, 0.4) is 0 Å². The molecule has 3 N–H and O–H groups in total. The molecule has 104 valence electrons. The molecule has 1 aromatic carbocycles. The topological polar surface area (TPSA) is 63.8 Å². The van der Waals surface area contributed by atoms with Crippen LogP contribution in [0.1, 0.15) is 17.8 Å². The molecule has 1 heterocycles. The molecule has 4 nitrogen and oxygen atoms in total. The highest BCUT2D eigenvalue weighted by Gasteiger charge is 1.98. The molecular formula is C15H17ClN4. The highest BCUT2D eigenvalue weighted by atomic mass is 35.5. The van der Waals surface area contributed by atoms with E-state index in [1.54, 1.807) is 6.20 Å². The molecule has 2 rings (SSSR count). The quantitative estimate of drug-likeness (QED) is 0.886. The van der Waals surface area contributed by atoms with E-state index in [0.29, 0.717) is 11.4 Å². The molecule has 20 heavy (non-hydrogen) atoms. The number of hydrogen-bond acceptors (Lipinski definition) is 4. The summed E-state index contributed by atoms with van der Waals surface area (Å²) in [5.41, 5.74) is 8.71. The molecule has 0 saturated heterocycles. The number of benzene rings is 1. The molecule has 0 aliphatic rings. The van der Waals surface area contributed by atoms with E-state index in [9.17, 15) is 0 Å². The van der Waals surface area contributed by atoms with Crippen LogP contribution in [-0.2, 0) is 6.42 Å². The Morgan fingerprint density at radius 1 is 1.25 bits per heavy atom. The number of nitrogens with zero attached hydrogens (tertiary/aromatic N) is 2. The van der Waals surface area contributed by atoms with E-state index in [4.69, 9.17) is 17.3 Å². The summed E-state index contributed by atoms with van der Waals surface area (Å²) in [6.07, 6.45) is 6.86. The van der Waals surface area contributed by atoms with E-state index in [1.165, 1.54) is 0 Å². The third kappa shape index (κ3) is 4.55. The van der Waals surface area contributed by atoms with Crippen molar-refractivity contribution in [2.75, 3.05) is 5.32 Å². The summed E-state index contributed by atoms with van der Waals surface area (Å²) in [4.78, 5) is 8.50. The van der Waals surface area contributed by atoms with Crippen LogP contribution >= 0.6 is 11.6 Å². The lowest BCUT2D eigenvalue weighted by Gasteiger charge is -2.04. The average molecular weight is 289 g/mol. The van der Waals surface area contributed by atoms with Gasteiger partial charge in [-0.25, -0.2) is 9.97 Å². The van der Waals surface area contributed by atoms with Gasteiger partial charge in [0, 0.05) is 41.4 Å². The first-order chi connectivity index (χ1) is 9.63. The Morgan fingerprint density at radius 2 is 1.90 bits per heavy atom. The van der Waals surface area contributed by atoms with Crippen molar-refractivity contribution >= 4 is 17.3 Å². The van der Waals surface area contributed by atoms with Crippen molar-refractivity contribution in [2.45, 2.75) is 19.8 Å². The first-order valence-corrected chi connectivity index (χ1v) is 6.75. The van der Waals surface area contributed by atoms with E-state index >= 15 is 0 Å². The largest absolute Gasteiger partial charge is 0.401 e. The van der Waals surface area contributed by atoms with E-state index in [0.717, 1.165) is 29.2 Å². The highest BCUT2D eigenvalue weighted by molar-refractivity contribution is 6.30. The van der Waals surface area contributed by atoms with E-state index < -0.39 is 0 Å². The summed E-state index contributed by atoms with van der Waals surface area (Å²) in [6.45, 7) is 1.97. The molecule has 0 aliphatic heterocycles. The van der Waals surface area contributed by atoms with Crippen molar-refractivity contribution in [2.24, 2.45) is 5.73 Å². The normalized spacial score (nSPS) is 11.4. The molecule has 0 radical (unpaired) electrons. The summed E-state index contributed by atoms with van der Waals surface area (Å²) >= 11 is 5.82. The van der Waals surface area contributed by atoms with Crippen LogP contribution in [0.2, 0.25) is 5.02 Å². The van der Waals surface area contributed by atoms with Gasteiger partial charge in [0.25, 0.3) is 0 Å². The predicted octanol–water partition coefficient (Wildman–Crippen LogP) is 3.28. The molecule has 0 aliphatic carbocycles. The van der Waals surface area contributed by atoms with Gasteiger partial charge in [0.1, 0.15) is 5.82 Å². The van der Waals surface area contributed by atoms with Crippen LogP contribution in [-0.4, -0.2) is 9.97 Å². The summed E-state index contributed by atoms with van der Waals surface area (Å²) in [6, 6.07) is 7.45. The lowest BCUT2D eigenvalue weighted by molar-refractivity contribution is 0.836. The fourth-order valence-corrected chi connectivity index (χ4v) is 1.72. The van der Waals surface area contributed by atoms with Crippen LogP contribution in [0.25, 0.3) is 0 Å². The van der Waals surface area contributed by atoms with Gasteiger partial charge in [-0.3, -0.25) is 0 Å². The number of rotatable bonds is 5. The standard InChI is InChI=1S/C15H17ClN4/c1-11-8-19-15(20-9-11)7-4-13(17)10-18-14-5-2-12(16)3-6-14/h2-3,5-6,8-10,18H,4,7,17H2,1H3/b13-10-. The second-order valence-corrected chi connectivity index (χ2v) is 4.98. The minimum absolute atomic E-state index is 0.712. The summed E-state index contributed by atoms with van der Waals surface area (Å²) < 4.78 is 0. The van der Waals surface area contributed by atoms with Gasteiger partial charge in [0.2, 0.25) is 0 Å². The summed E-state index contributed by atoms with van der Waals surface area (Å²) in [5.74, 6) is 0.804. The lowest BCUT2D eigenvalue weighted by atomic mass is 10.2. The minimum atomic E-state index is 0.712. The molecule has 0 unspecified atom stereocenters. The summed E-state index contributed by atoms with van der Waals surface area (Å²) in [7, 11) is 0. The zero-order valence-electron chi connectivity index (χ0n) is 11.3. The van der Waals surface area contributed by atoms with Crippen molar-refractivity contribution < 1.29 is 0 Å². The second kappa shape index (κ2) is 6.91. The van der Waals surface area contributed by atoms with Gasteiger partial charge in [-0.05, 0) is 43.2 Å². The molecule has 0 bridgehead atoms. The summed E-state index contributed by atoms with van der Waals surface area (Å²) in [5, 5.41) is 3.84. The van der Waals surface area contributed by atoms with Crippen molar-refractivity contribution in [1.29, 1.82) is 0 Å². The second-order valence-electron chi connectivity index (χ2n) is 4.55. The molecule has 0 fully saturated rings. The van der Waals surface area contributed by atoms with E-state index in [2.05, 4.69) is 15.3 Å². The van der Waals surface area contributed by atoms with Gasteiger partial charge < -0.3 is 11.1 Å². The van der Waals surface area contributed by atoms with Crippen molar-refractivity contribution in [3.63, 3.8) is 0 Å². The Labute approximate surface area is 123 Å². The smallest absolute Gasteiger partial charge is 0.128 e. The number of nitrogens with one attached hydrogen (secondary N) is 1. The molecular weight excluding hydrogens is 272 g/mol. The zero-order valence-corrected chi connectivity index (χ0v) is 12.1. The average Bonchev–Trinajstić information content (AvgIpc) is 2.46. The van der Waals surface area contributed by atoms with Gasteiger partial charge in [-0.1, -0.05) is 11.6 Å². The monoisotopic (exact) mass is 288 g/mol. The van der Waals surface area contributed by atoms with Crippen molar-refractivity contribution in [1.82, 2.24) is 9.97 Å². The Balaban J connectivity index is 1.84.